The van der Waals surface area contributed by atoms with Crippen LogP contribution in [0.5, 0.6) is 5.75 Å². The van der Waals surface area contributed by atoms with E-state index in [-0.39, 0.29) is 25.0 Å². The van der Waals surface area contributed by atoms with E-state index in [1.807, 2.05) is 49.4 Å². The van der Waals surface area contributed by atoms with Gasteiger partial charge in [0.15, 0.2) is 6.61 Å². The highest BCUT2D eigenvalue weighted by Crippen LogP contribution is 2.20. The number of rotatable bonds is 11. The van der Waals surface area contributed by atoms with Gasteiger partial charge in [-0.1, -0.05) is 78.7 Å². The second-order valence-corrected chi connectivity index (χ2v) is 8.77. The molecule has 3 rings (SSSR count). The van der Waals surface area contributed by atoms with Gasteiger partial charge in [0, 0.05) is 29.6 Å². The molecule has 0 spiro atoms. The topological polar surface area (TPSA) is 58.6 Å². The molecule has 2 amide bonds. The minimum Gasteiger partial charge on any atom is -0.484 e. The predicted molar refractivity (Wildman–Crippen MR) is 136 cm³/mol. The molecule has 0 radical (unpaired) electrons. The Morgan fingerprint density at radius 2 is 1.59 bits per heavy atom. The third-order valence-electron chi connectivity index (χ3n) is 5.22. The van der Waals surface area contributed by atoms with E-state index < -0.39 is 6.04 Å². The lowest BCUT2D eigenvalue weighted by Crippen LogP contribution is -2.51. The molecule has 0 aliphatic carbocycles. The summed E-state index contributed by atoms with van der Waals surface area (Å²) in [7, 11) is 0. The van der Waals surface area contributed by atoms with Gasteiger partial charge in [-0.15, -0.1) is 0 Å². The summed E-state index contributed by atoms with van der Waals surface area (Å²) in [5.41, 5.74) is 1.78. The van der Waals surface area contributed by atoms with Crippen molar-refractivity contribution in [3.63, 3.8) is 0 Å². The van der Waals surface area contributed by atoms with Gasteiger partial charge in [-0.2, -0.15) is 0 Å². The molecule has 0 saturated carbocycles. The van der Waals surface area contributed by atoms with Crippen molar-refractivity contribution in [2.24, 2.45) is 0 Å². The number of ether oxygens (including phenoxy) is 1. The van der Waals surface area contributed by atoms with Crippen LogP contribution >= 0.6 is 23.2 Å². The Kier molecular flexibility index (Phi) is 9.80. The molecule has 3 aromatic carbocycles. The van der Waals surface area contributed by atoms with Crippen LogP contribution in [0.1, 0.15) is 24.5 Å². The number of hydrogen-bond donors (Lipinski definition) is 1. The Hall–Kier alpha value is -3.02. The molecular weight excluding hydrogens is 471 g/mol. The summed E-state index contributed by atoms with van der Waals surface area (Å²) in [4.78, 5) is 28.3. The van der Waals surface area contributed by atoms with Crippen LogP contribution in [0.15, 0.2) is 78.9 Å². The first-order chi connectivity index (χ1) is 16.5. The Morgan fingerprint density at radius 3 is 2.26 bits per heavy atom. The van der Waals surface area contributed by atoms with Gasteiger partial charge in [0.2, 0.25) is 5.91 Å². The number of benzene rings is 3. The highest BCUT2D eigenvalue weighted by atomic mass is 35.5. The summed E-state index contributed by atoms with van der Waals surface area (Å²) in [6, 6.07) is 23.1. The van der Waals surface area contributed by atoms with Crippen molar-refractivity contribution in [1.82, 2.24) is 10.2 Å². The van der Waals surface area contributed by atoms with Crippen molar-refractivity contribution in [3.8, 4) is 5.75 Å². The molecule has 3 aromatic rings. The Balaban J connectivity index is 1.89. The Morgan fingerprint density at radius 1 is 0.912 bits per heavy atom. The van der Waals surface area contributed by atoms with Crippen LogP contribution in [-0.2, 0) is 22.6 Å². The summed E-state index contributed by atoms with van der Waals surface area (Å²) >= 11 is 12.2. The zero-order valence-corrected chi connectivity index (χ0v) is 20.6. The van der Waals surface area contributed by atoms with Gasteiger partial charge in [0.05, 0.1) is 0 Å². The van der Waals surface area contributed by atoms with Gasteiger partial charge in [-0.3, -0.25) is 9.59 Å². The largest absolute Gasteiger partial charge is 0.484 e. The summed E-state index contributed by atoms with van der Waals surface area (Å²) in [6.45, 7) is 2.51. The van der Waals surface area contributed by atoms with Gasteiger partial charge >= 0.3 is 0 Å². The van der Waals surface area contributed by atoms with Gasteiger partial charge in [-0.25, -0.2) is 0 Å². The minimum absolute atomic E-state index is 0.205. The average Bonchev–Trinajstić information content (AvgIpc) is 2.84. The summed E-state index contributed by atoms with van der Waals surface area (Å²) < 4.78 is 5.72. The fourth-order valence-electron chi connectivity index (χ4n) is 3.54. The number of nitrogens with zero attached hydrogens (tertiary/aromatic N) is 1. The number of nitrogens with one attached hydrogen (secondary N) is 1. The third kappa shape index (κ3) is 7.79. The Bertz CT molecular complexity index is 1090. The first-order valence-corrected chi connectivity index (χ1v) is 12.0. The molecule has 0 bridgehead atoms. The molecule has 0 aromatic heterocycles. The average molecular weight is 499 g/mol. The maximum atomic E-state index is 13.5. The van der Waals surface area contributed by atoms with Gasteiger partial charge in [-0.05, 0) is 47.9 Å². The van der Waals surface area contributed by atoms with E-state index in [1.165, 1.54) is 0 Å². The Labute approximate surface area is 210 Å². The monoisotopic (exact) mass is 498 g/mol. The van der Waals surface area contributed by atoms with E-state index in [0.29, 0.717) is 28.8 Å². The first-order valence-electron chi connectivity index (χ1n) is 11.2. The van der Waals surface area contributed by atoms with Crippen LogP contribution in [0.25, 0.3) is 0 Å². The molecule has 5 nitrogen and oxygen atoms in total. The quantitative estimate of drug-likeness (QED) is 0.377. The van der Waals surface area contributed by atoms with Crippen molar-refractivity contribution in [2.75, 3.05) is 13.2 Å². The van der Waals surface area contributed by atoms with Crippen molar-refractivity contribution in [3.05, 3.63) is 100 Å². The highest BCUT2D eigenvalue weighted by Gasteiger charge is 2.30. The fraction of sp³-hybridized carbons (Fsp3) is 0.259. The number of amides is 2. The molecule has 7 heteroatoms. The van der Waals surface area contributed by atoms with Crippen LogP contribution < -0.4 is 10.1 Å². The number of hydrogen-bond acceptors (Lipinski definition) is 3. The van der Waals surface area contributed by atoms with E-state index in [1.54, 1.807) is 41.3 Å². The molecule has 0 aliphatic heterocycles. The van der Waals surface area contributed by atoms with Crippen LogP contribution in [-0.4, -0.2) is 35.9 Å². The fourth-order valence-corrected chi connectivity index (χ4v) is 3.93. The second-order valence-electron chi connectivity index (χ2n) is 7.89. The number of carbonyl (C=O) groups excluding carboxylic acids is 2. The van der Waals surface area contributed by atoms with Gasteiger partial charge < -0.3 is 15.0 Å². The predicted octanol–water partition coefficient (Wildman–Crippen LogP) is 5.54. The third-order valence-corrected chi connectivity index (χ3v) is 5.69. The summed E-state index contributed by atoms with van der Waals surface area (Å²) in [5, 5.41) is 4.03. The van der Waals surface area contributed by atoms with Crippen molar-refractivity contribution in [2.45, 2.75) is 32.4 Å². The highest BCUT2D eigenvalue weighted by molar-refractivity contribution is 6.30. The molecule has 0 fully saturated rings. The van der Waals surface area contributed by atoms with E-state index in [9.17, 15) is 9.59 Å². The number of halogens is 2. The van der Waals surface area contributed by atoms with E-state index >= 15 is 0 Å². The van der Waals surface area contributed by atoms with Crippen molar-refractivity contribution in [1.29, 1.82) is 0 Å². The molecule has 0 aliphatic rings. The van der Waals surface area contributed by atoms with Crippen LogP contribution in [0.3, 0.4) is 0 Å². The summed E-state index contributed by atoms with van der Waals surface area (Å²) in [6.07, 6.45) is 1.17. The molecule has 0 unspecified atom stereocenters. The molecule has 34 heavy (non-hydrogen) atoms. The zero-order valence-electron chi connectivity index (χ0n) is 19.0. The smallest absolute Gasteiger partial charge is 0.261 e. The van der Waals surface area contributed by atoms with Gasteiger partial charge in [0.1, 0.15) is 11.8 Å². The standard InChI is InChI=1S/C27H28Cl2N2O3/c1-2-14-30-27(33)25(16-20-8-4-3-5-9-20)31(18-21-10-6-11-22(28)15-21)26(32)19-34-24-13-7-12-23(29)17-24/h3-13,15,17,25H,2,14,16,18-19H2,1H3,(H,30,33)/t25-/m1/s1. The van der Waals surface area contributed by atoms with Gasteiger partial charge in [0.25, 0.3) is 5.91 Å². The molecule has 1 N–H and O–H groups in total. The normalized spacial score (nSPS) is 11.5. The SMILES string of the molecule is CCCNC(=O)[C@@H](Cc1ccccc1)N(Cc1cccc(Cl)c1)C(=O)COc1cccc(Cl)c1. The van der Waals surface area contributed by atoms with Crippen LogP contribution in [0.2, 0.25) is 10.0 Å². The molecule has 1 atom stereocenters. The second kappa shape index (κ2) is 13.0. The van der Waals surface area contributed by atoms with E-state index in [0.717, 1.165) is 17.5 Å². The van der Waals surface area contributed by atoms with Crippen LogP contribution in [0.4, 0.5) is 0 Å². The molecule has 0 heterocycles. The lowest BCUT2D eigenvalue weighted by molar-refractivity contribution is -0.142. The van der Waals surface area contributed by atoms with Crippen molar-refractivity contribution >= 4 is 35.0 Å². The minimum atomic E-state index is -0.719. The maximum Gasteiger partial charge on any atom is 0.261 e. The number of carbonyl (C=O) groups is 2. The lowest BCUT2D eigenvalue weighted by atomic mass is 10.0. The van der Waals surface area contributed by atoms with E-state index in [2.05, 4.69) is 5.32 Å². The molecular formula is C27H28Cl2N2O3. The maximum absolute atomic E-state index is 13.5. The van der Waals surface area contributed by atoms with E-state index in [4.69, 9.17) is 27.9 Å². The lowest BCUT2D eigenvalue weighted by Gasteiger charge is -2.31. The zero-order chi connectivity index (χ0) is 24.3. The summed E-state index contributed by atoms with van der Waals surface area (Å²) in [5.74, 6) is -0.0324. The first kappa shape index (κ1) is 25.6. The molecule has 0 saturated heterocycles. The van der Waals surface area contributed by atoms with Crippen LogP contribution in [0, 0.1) is 0 Å². The van der Waals surface area contributed by atoms with Crippen molar-refractivity contribution < 1.29 is 14.3 Å². The molecule has 178 valence electrons.